The summed E-state index contributed by atoms with van der Waals surface area (Å²) in [6.45, 7) is 6.07. The lowest BCUT2D eigenvalue weighted by molar-refractivity contribution is 0.100. The van der Waals surface area contributed by atoms with Crippen molar-refractivity contribution in [1.82, 2.24) is 10.2 Å². The Balaban J connectivity index is 1.59. The minimum Gasteiger partial charge on any atom is -0.311 e. The van der Waals surface area contributed by atoms with Gasteiger partial charge < -0.3 is 5.32 Å². The van der Waals surface area contributed by atoms with Gasteiger partial charge in [-0.3, -0.25) is 4.90 Å². The monoisotopic (exact) mass is 236 g/mol. The van der Waals surface area contributed by atoms with E-state index in [0.717, 1.165) is 30.1 Å². The van der Waals surface area contributed by atoms with E-state index >= 15 is 0 Å². The summed E-state index contributed by atoms with van der Waals surface area (Å²) < 4.78 is 0. The average molecular weight is 236 g/mol. The van der Waals surface area contributed by atoms with Crippen LogP contribution in [0, 0.1) is 5.92 Å². The first kappa shape index (κ1) is 12.0. The third-order valence-electron chi connectivity index (χ3n) is 5.22. The Morgan fingerprint density at radius 3 is 2.29 bits per heavy atom. The summed E-state index contributed by atoms with van der Waals surface area (Å²) in [5.74, 6) is 1.07. The second-order valence-corrected chi connectivity index (χ2v) is 6.62. The van der Waals surface area contributed by atoms with Crippen LogP contribution in [0.3, 0.4) is 0 Å². The van der Waals surface area contributed by atoms with Gasteiger partial charge in [0.2, 0.25) is 0 Å². The number of piperidine rings is 1. The molecule has 2 heterocycles. The Kier molecular flexibility index (Phi) is 3.45. The van der Waals surface area contributed by atoms with Crippen molar-refractivity contribution in [2.24, 2.45) is 5.92 Å². The van der Waals surface area contributed by atoms with E-state index in [1.54, 1.807) is 0 Å². The van der Waals surface area contributed by atoms with E-state index in [2.05, 4.69) is 24.1 Å². The van der Waals surface area contributed by atoms with E-state index in [0.29, 0.717) is 0 Å². The molecule has 0 aromatic carbocycles. The third-order valence-corrected chi connectivity index (χ3v) is 5.22. The van der Waals surface area contributed by atoms with Gasteiger partial charge in [-0.25, -0.2) is 0 Å². The molecule has 3 rings (SSSR count). The van der Waals surface area contributed by atoms with Gasteiger partial charge in [-0.2, -0.15) is 0 Å². The normalized spacial score (nSPS) is 38.6. The van der Waals surface area contributed by atoms with E-state index in [4.69, 9.17) is 0 Å². The van der Waals surface area contributed by atoms with Crippen LogP contribution in [-0.4, -0.2) is 35.6 Å². The lowest BCUT2D eigenvalue weighted by Gasteiger charge is -2.40. The van der Waals surface area contributed by atoms with Gasteiger partial charge in [-0.05, 0) is 51.5 Å². The van der Waals surface area contributed by atoms with Crippen molar-refractivity contribution >= 4 is 0 Å². The van der Waals surface area contributed by atoms with Gasteiger partial charge in [0, 0.05) is 24.2 Å². The van der Waals surface area contributed by atoms with Gasteiger partial charge in [0.25, 0.3) is 0 Å². The van der Waals surface area contributed by atoms with E-state index in [-0.39, 0.29) is 0 Å². The summed E-state index contributed by atoms with van der Waals surface area (Å²) in [4.78, 5) is 2.81. The summed E-state index contributed by atoms with van der Waals surface area (Å²) in [5.41, 5.74) is 0. The largest absolute Gasteiger partial charge is 0.311 e. The summed E-state index contributed by atoms with van der Waals surface area (Å²) >= 11 is 0. The second-order valence-electron chi connectivity index (χ2n) is 6.62. The van der Waals surface area contributed by atoms with Crippen LogP contribution in [0.2, 0.25) is 0 Å². The first-order chi connectivity index (χ1) is 8.26. The highest BCUT2D eigenvalue weighted by Crippen LogP contribution is 2.36. The zero-order valence-electron chi connectivity index (χ0n) is 11.5. The fraction of sp³-hybridized carbons (Fsp3) is 1.00. The van der Waals surface area contributed by atoms with Crippen molar-refractivity contribution in [2.75, 3.05) is 6.54 Å². The van der Waals surface area contributed by atoms with Crippen molar-refractivity contribution in [2.45, 2.75) is 83.0 Å². The van der Waals surface area contributed by atoms with Crippen molar-refractivity contribution in [3.8, 4) is 0 Å². The maximum atomic E-state index is 3.76. The molecule has 1 N–H and O–H groups in total. The molecule has 1 saturated carbocycles. The van der Waals surface area contributed by atoms with Gasteiger partial charge in [0.05, 0.1) is 0 Å². The number of rotatable bonds is 5. The van der Waals surface area contributed by atoms with Crippen molar-refractivity contribution in [1.29, 1.82) is 0 Å². The zero-order valence-corrected chi connectivity index (χ0v) is 11.5. The van der Waals surface area contributed by atoms with Gasteiger partial charge >= 0.3 is 0 Å². The van der Waals surface area contributed by atoms with Crippen LogP contribution < -0.4 is 5.32 Å². The highest BCUT2D eigenvalue weighted by molar-refractivity contribution is 4.96. The molecule has 2 bridgehead atoms. The molecule has 2 saturated heterocycles. The molecule has 2 nitrogen and oxygen atoms in total. The van der Waals surface area contributed by atoms with Crippen LogP contribution in [0.1, 0.15) is 58.8 Å². The molecule has 3 aliphatic rings. The smallest absolute Gasteiger partial charge is 0.0128 e. The number of nitrogens with one attached hydrogen (secondary N) is 1. The van der Waals surface area contributed by atoms with Crippen LogP contribution in [0.15, 0.2) is 0 Å². The number of hydrogen-bond donors (Lipinski definition) is 1. The second kappa shape index (κ2) is 4.89. The van der Waals surface area contributed by atoms with E-state index in [1.807, 2.05) is 0 Å². The molecular weight excluding hydrogens is 208 g/mol. The molecule has 0 aromatic heterocycles. The highest BCUT2D eigenvalue weighted by atomic mass is 15.2. The molecule has 2 heteroatoms. The molecule has 3 atom stereocenters. The zero-order chi connectivity index (χ0) is 11.8. The highest BCUT2D eigenvalue weighted by Gasteiger charge is 2.37. The maximum Gasteiger partial charge on any atom is 0.0128 e. The first-order valence-electron chi connectivity index (χ1n) is 7.78. The molecule has 2 aliphatic heterocycles. The molecule has 1 aliphatic carbocycles. The standard InChI is InChI=1S/C15H28N2/c1-3-17(11(2)8-12-4-5-12)15-9-13-6-7-14(10-15)16-13/h11-16H,3-10H2,1-2H3. The molecule has 3 fully saturated rings. The molecule has 0 amide bonds. The van der Waals surface area contributed by atoms with Gasteiger partial charge in [0.15, 0.2) is 0 Å². The van der Waals surface area contributed by atoms with Crippen molar-refractivity contribution in [3.63, 3.8) is 0 Å². The topological polar surface area (TPSA) is 15.3 Å². The Labute approximate surface area is 106 Å². The van der Waals surface area contributed by atoms with E-state index in [9.17, 15) is 0 Å². The fourth-order valence-electron chi connectivity index (χ4n) is 4.20. The van der Waals surface area contributed by atoms with Crippen molar-refractivity contribution < 1.29 is 0 Å². The van der Waals surface area contributed by atoms with E-state index in [1.165, 1.54) is 51.5 Å². The fourth-order valence-corrected chi connectivity index (χ4v) is 4.20. The number of fused-ring (bicyclic) bond motifs is 2. The summed E-state index contributed by atoms with van der Waals surface area (Å²) in [5, 5.41) is 3.76. The number of nitrogens with zero attached hydrogens (tertiary/aromatic N) is 1. The number of hydrogen-bond acceptors (Lipinski definition) is 2. The average Bonchev–Trinajstić information content (AvgIpc) is 3.05. The predicted octanol–water partition coefficient (Wildman–Crippen LogP) is 2.78. The van der Waals surface area contributed by atoms with Gasteiger partial charge in [-0.15, -0.1) is 0 Å². The Bertz CT molecular complexity index is 250. The predicted molar refractivity (Wildman–Crippen MR) is 72.2 cm³/mol. The van der Waals surface area contributed by atoms with Crippen molar-refractivity contribution in [3.05, 3.63) is 0 Å². The minimum absolute atomic E-state index is 0.815. The summed E-state index contributed by atoms with van der Waals surface area (Å²) in [6.07, 6.45) is 10.1. The molecular formula is C15H28N2. The van der Waals surface area contributed by atoms with Crippen LogP contribution in [0.5, 0.6) is 0 Å². The van der Waals surface area contributed by atoms with Crippen LogP contribution in [0.25, 0.3) is 0 Å². The minimum atomic E-state index is 0.815. The Morgan fingerprint density at radius 2 is 1.76 bits per heavy atom. The summed E-state index contributed by atoms with van der Waals surface area (Å²) in [6, 6.07) is 3.35. The SMILES string of the molecule is CCN(C(C)CC1CC1)C1CC2CCC(C1)N2. The molecule has 17 heavy (non-hydrogen) atoms. The molecule has 0 spiro atoms. The molecule has 3 unspecified atom stereocenters. The molecule has 98 valence electrons. The van der Waals surface area contributed by atoms with Crippen LogP contribution in [0.4, 0.5) is 0 Å². The van der Waals surface area contributed by atoms with Gasteiger partial charge in [0.1, 0.15) is 0 Å². The third kappa shape index (κ3) is 2.68. The Morgan fingerprint density at radius 1 is 1.12 bits per heavy atom. The van der Waals surface area contributed by atoms with Crippen LogP contribution >= 0.6 is 0 Å². The lowest BCUT2D eigenvalue weighted by atomic mass is 9.96. The molecule has 0 radical (unpaired) electrons. The Hall–Kier alpha value is -0.0800. The summed E-state index contributed by atoms with van der Waals surface area (Å²) in [7, 11) is 0. The van der Waals surface area contributed by atoms with Gasteiger partial charge in [-0.1, -0.05) is 19.8 Å². The lowest BCUT2D eigenvalue weighted by Crippen LogP contribution is -2.51. The molecule has 0 aromatic rings. The quantitative estimate of drug-likeness (QED) is 0.789. The van der Waals surface area contributed by atoms with Crippen LogP contribution in [-0.2, 0) is 0 Å². The van der Waals surface area contributed by atoms with E-state index < -0.39 is 0 Å². The first-order valence-corrected chi connectivity index (χ1v) is 7.78. The maximum absolute atomic E-state index is 3.76.